The van der Waals surface area contributed by atoms with Gasteiger partial charge in [-0.05, 0) is 74.2 Å². The number of halogens is 1. The van der Waals surface area contributed by atoms with Crippen molar-refractivity contribution in [2.24, 2.45) is 0 Å². The van der Waals surface area contributed by atoms with E-state index in [1.165, 1.54) is 19.2 Å². The first-order valence-electron chi connectivity index (χ1n) is 12.4. The van der Waals surface area contributed by atoms with E-state index < -0.39 is 11.4 Å². The standard InChI is InChI=1S/C30H29FN4O3/c1-6-17(2)25-22(19-8-7-9-20(14-19)27(36)35-30(3,4)16-32)15-23-24(28(37)33-5)26(38-29(23)34-25)18-10-12-21(31)13-11-18/h7-15,17H,6H2,1-5H3,(H,33,37)(H,35,36)/t17-/m1/s1. The highest BCUT2D eigenvalue weighted by atomic mass is 19.1. The Morgan fingerprint density at radius 1 is 1.11 bits per heavy atom. The van der Waals surface area contributed by atoms with Gasteiger partial charge in [0.2, 0.25) is 5.71 Å². The van der Waals surface area contributed by atoms with E-state index in [0.29, 0.717) is 33.6 Å². The number of fused-ring (bicyclic) bond motifs is 1. The van der Waals surface area contributed by atoms with Gasteiger partial charge >= 0.3 is 0 Å². The summed E-state index contributed by atoms with van der Waals surface area (Å²) in [6.45, 7) is 7.36. The summed E-state index contributed by atoms with van der Waals surface area (Å²) in [7, 11) is 1.53. The van der Waals surface area contributed by atoms with Crippen LogP contribution in [0.1, 0.15) is 66.4 Å². The topological polar surface area (TPSA) is 108 Å². The lowest BCUT2D eigenvalue weighted by molar-refractivity contribution is 0.0927. The van der Waals surface area contributed by atoms with Crippen LogP contribution in [0.25, 0.3) is 33.6 Å². The zero-order valence-corrected chi connectivity index (χ0v) is 22.0. The molecule has 2 heterocycles. The molecule has 4 aromatic rings. The Morgan fingerprint density at radius 2 is 1.82 bits per heavy atom. The molecule has 0 radical (unpaired) electrons. The maximum Gasteiger partial charge on any atom is 0.255 e. The van der Waals surface area contributed by atoms with Crippen molar-refractivity contribution < 1.29 is 18.4 Å². The van der Waals surface area contributed by atoms with Crippen molar-refractivity contribution in [3.05, 3.63) is 77.2 Å². The minimum atomic E-state index is -1.02. The number of carbonyl (C=O) groups excluding carboxylic acids is 2. The molecule has 8 heteroatoms. The lowest BCUT2D eigenvalue weighted by Gasteiger charge is -2.18. The van der Waals surface area contributed by atoms with E-state index in [2.05, 4.69) is 23.6 Å². The predicted molar refractivity (Wildman–Crippen MR) is 144 cm³/mol. The highest BCUT2D eigenvalue weighted by molar-refractivity contribution is 6.11. The van der Waals surface area contributed by atoms with Crippen LogP contribution >= 0.6 is 0 Å². The molecule has 0 aliphatic carbocycles. The first-order valence-corrected chi connectivity index (χ1v) is 12.4. The Kier molecular flexibility index (Phi) is 7.31. The molecule has 7 nitrogen and oxygen atoms in total. The largest absolute Gasteiger partial charge is 0.437 e. The number of amides is 2. The third kappa shape index (κ3) is 5.14. The molecule has 0 fully saturated rings. The Hall–Kier alpha value is -4.51. The third-order valence-electron chi connectivity index (χ3n) is 6.49. The number of rotatable bonds is 7. The van der Waals surface area contributed by atoms with Crippen LogP contribution in [-0.2, 0) is 0 Å². The number of nitrogens with one attached hydrogen (secondary N) is 2. The number of carbonyl (C=O) groups is 2. The fourth-order valence-electron chi connectivity index (χ4n) is 4.20. The van der Waals surface area contributed by atoms with E-state index in [0.717, 1.165) is 23.2 Å². The van der Waals surface area contributed by atoms with E-state index in [-0.39, 0.29) is 17.7 Å². The Labute approximate surface area is 220 Å². The van der Waals surface area contributed by atoms with E-state index >= 15 is 0 Å². The number of aromatic nitrogens is 1. The number of hydrogen-bond donors (Lipinski definition) is 2. The molecule has 0 aliphatic rings. The van der Waals surface area contributed by atoms with Crippen molar-refractivity contribution in [3.63, 3.8) is 0 Å². The number of benzene rings is 2. The molecule has 1 atom stereocenters. The van der Waals surface area contributed by atoms with Gasteiger partial charge in [0.25, 0.3) is 11.8 Å². The second-order valence-electron chi connectivity index (χ2n) is 9.75. The van der Waals surface area contributed by atoms with Crippen LogP contribution in [0.15, 0.2) is 59.0 Å². The van der Waals surface area contributed by atoms with Gasteiger partial charge in [0.05, 0.1) is 22.7 Å². The number of nitriles is 1. The van der Waals surface area contributed by atoms with Crippen LogP contribution in [0.4, 0.5) is 4.39 Å². The minimum absolute atomic E-state index is 0.0484. The van der Waals surface area contributed by atoms with Gasteiger partial charge in [-0.25, -0.2) is 9.37 Å². The quantitative estimate of drug-likeness (QED) is 0.306. The molecule has 194 valence electrons. The Morgan fingerprint density at radius 3 is 2.45 bits per heavy atom. The average Bonchev–Trinajstić information content (AvgIpc) is 3.30. The predicted octanol–water partition coefficient (Wildman–Crippen LogP) is 6.21. The second kappa shape index (κ2) is 10.5. The van der Waals surface area contributed by atoms with Gasteiger partial charge in [0, 0.05) is 23.7 Å². The summed E-state index contributed by atoms with van der Waals surface area (Å²) in [5.74, 6) is -0.782. The summed E-state index contributed by atoms with van der Waals surface area (Å²) < 4.78 is 19.7. The molecular weight excluding hydrogens is 483 g/mol. The van der Waals surface area contributed by atoms with Gasteiger partial charge in [-0.15, -0.1) is 0 Å². The molecule has 2 amide bonds. The number of pyridine rings is 1. The summed E-state index contributed by atoms with van der Waals surface area (Å²) in [5.41, 5.74) is 2.78. The fraction of sp³-hybridized carbons (Fsp3) is 0.267. The summed E-state index contributed by atoms with van der Waals surface area (Å²) in [6, 6.07) is 16.7. The average molecular weight is 513 g/mol. The molecule has 0 aliphatic heterocycles. The van der Waals surface area contributed by atoms with Crippen LogP contribution in [0.3, 0.4) is 0 Å². The van der Waals surface area contributed by atoms with Crippen molar-refractivity contribution in [1.29, 1.82) is 5.26 Å². The molecule has 0 unspecified atom stereocenters. The first kappa shape index (κ1) is 26.6. The summed E-state index contributed by atoms with van der Waals surface area (Å²) in [6.07, 6.45) is 0.801. The third-order valence-corrected chi connectivity index (χ3v) is 6.49. The maximum atomic E-state index is 13.6. The second-order valence-corrected chi connectivity index (χ2v) is 9.75. The number of furan rings is 1. The van der Waals surface area contributed by atoms with Gasteiger partial charge in [0.15, 0.2) is 0 Å². The summed E-state index contributed by atoms with van der Waals surface area (Å²) in [4.78, 5) is 30.8. The van der Waals surface area contributed by atoms with Crippen molar-refractivity contribution in [2.75, 3.05) is 7.05 Å². The fourth-order valence-corrected chi connectivity index (χ4v) is 4.20. The van der Waals surface area contributed by atoms with Crippen LogP contribution in [0.2, 0.25) is 0 Å². The van der Waals surface area contributed by atoms with Crippen LogP contribution in [-0.4, -0.2) is 29.4 Å². The molecule has 4 rings (SSSR count). The molecule has 38 heavy (non-hydrogen) atoms. The van der Waals surface area contributed by atoms with Gasteiger partial charge in [0.1, 0.15) is 17.1 Å². The van der Waals surface area contributed by atoms with E-state index in [1.54, 1.807) is 44.2 Å². The van der Waals surface area contributed by atoms with Gasteiger partial charge < -0.3 is 15.1 Å². The molecule has 2 aromatic carbocycles. The molecule has 2 N–H and O–H groups in total. The van der Waals surface area contributed by atoms with Crippen molar-refractivity contribution in [1.82, 2.24) is 15.6 Å². The van der Waals surface area contributed by atoms with Crippen molar-refractivity contribution in [2.45, 2.75) is 45.6 Å². The van der Waals surface area contributed by atoms with Gasteiger partial charge in [-0.2, -0.15) is 5.26 Å². The first-order chi connectivity index (χ1) is 18.1. The van der Waals surface area contributed by atoms with E-state index in [1.807, 2.05) is 19.1 Å². The normalized spacial score (nSPS) is 12.1. The number of nitrogens with zero attached hydrogens (tertiary/aromatic N) is 2. The van der Waals surface area contributed by atoms with Crippen molar-refractivity contribution in [3.8, 4) is 28.5 Å². The lowest BCUT2D eigenvalue weighted by Crippen LogP contribution is -2.42. The van der Waals surface area contributed by atoms with E-state index in [9.17, 15) is 19.2 Å². The lowest BCUT2D eigenvalue weighted by atomic mass is 9.92. The molecule has 2 aromatic heterocycles. The molecule has 0 saturated heterocycles. The molecule has 0 spiro atoms. The van der Waals surface area contributed by atoms with Gasteiger partial charge in [-0.3, -0.25) is 9.59 Å². The zero-order chi connectivity index (χ0) is 27.6. The van der Waals surface area contributed by atoms with Crippen LogP contribution in [0.5, 0.6) is 0 Å². The van der Waals surface area contributed by atoms with Crippen LogP contribution in [0, 0.1) is 17.1 Å². The highest BCUT2D eigenvalue weighted by Gasteiger charge is 2.26. The van der Waals surface area contributed by atoms with E-state index in [4.69, 9.17) is 9.40 Å². The Balaban J connectivity index is 1.94. The molecule has 0 bridgehead atoms. The zero-order valence-electron chi connectivity index (χ0n) is 22.0. The van der Waals surface area contributed by atoms with Gasteiger partial charge in [-0.1, -0.05) is 26.0 Å². The maximum absolute atomic E-state index is 13.6. The van der Waals surface area contributed by atoms with Crippen molar-refractivity contribution >= 4 is 22.9 Å². The van der Waals surface area contributed by atoms with Crippen LogP contribution < -0.4 is 10.6 Å². The molecular formula is C30H29FN4O3. The summed E-state index contributed by atoms with van der Waals surface area (Å²) in [5, 5.41) is 15.2. The smallest absolute Gasteiger partial charge is 0.255 e. The molecule has 0 saturated carbocycles. The monoisotopic (exact) mass is 512 g/mol. The minimum Gasteiger partial charge on any atom is -0.437 e. The highest BCUT2D eigenvalue weighted by Crippen LogP contribution is 2.38. The Bertz CT molecular complexity index is 1570. The SMILES string of the molecule is CC[C@@H](C)c1nc2oc(-c3ccc(F)cc3)c(C(=O)NC)c2cc1-c1cccc(C(=O)NC(C)(C)C#N)c1. The summed E-state index contributed by atoms with van der Waals surface area (Å²) >= 11 is 0. The number of hydrogen-bond acceptors (Lipinski definition) is 5.